The number of fused-ring (bicyclic) bond motifs is 1. The van der Waals surface area contributed by atoms with Crippen LogP contribution in [0.5, 0.6) is 0 Å². The molecular weight excluding hydrogens is 290 g/mol. The maximum Gasteiger partial charge on any atom is 0.316 e. The molecule has 0 bridgehead atoms. The van der Waals surface area contributed by atoms with Gasteiger partial charge in [0, 0.05) is 17.4 Å². The Bertz CT molecular complexity index is 916. The number of hydrogen-bond donors (Lipinski definition) is 1. The molecule has 0 fully saturated rings. The summed E-state index contributed by atoms with van der Waals surface area (Å²) >= 11 is 0. The molecule has 2 N–H and O–H groups in total. The fraction of sp³-hybridized carbons (Fsp3) is 0.143. The van der Waals surface area contributed by atoms with Crippen molar-refractivity contribution < 1.29 is 12.8 Å². The van der Waals surface area contributed by atoms with E-state index in [0.29, 0.717) is 22.5 Å². The lowest BCUT2D eigenvalue weighted by atomic mass is 10.3. The van der Waals surface area contributed by atoms with Crippen LogP contribution in [0.1, 0.15) is 11.4 Å². The first-order valence-electron chi connectivity index (χ1n) is 6.25. The van der Waals surface area contributed by atoms with Gasteiger partial charge in [-0.2, -0.15) is 4.98 Å². The number of nitrogens with two attached hydrogens (primary N) is 1. The lowest BCUT2D eigenvalue weighted by Crippen LogP contribution is -2.07. The third-order valence-corrected chi connectivity index (χ3v) is 4.33. The van der Waals surface area contributed by atoms with E-state index in [1.165, 1.54) is 0 Å². The van der Waals surface area contributed by atoms with Crippen molar-refractivity contribution in [3.05, 3.63) is 47.8 Å². The first-order chi connectivity index (χ1) is 9.94. The lowest BCUT2D eigenvalue weighted by molar-refractivity contribution is 0.458. The van der Waals surface area contributed by atoms with Gasteiger partial charge in [-0.3, -0.25) is 4.98 Å². The predicted octanol–water partition coefficient (Wildman–Crippen LogP) is 2.09. The fourth-order valence-corrected chi connectivity index (χ4v) is 3.12. The fourth-order valence-electron chi connectivity index (χ4n) is 1.99. The van der Waals surface area contributed by atoms with Crippen molar-refractivity contribution in [3.63, 3.8) is 0 Å². The van der Waals surface area contributed by atoms with Gasteiger partial charge in [0.2, 0.25) is 9.84 Å². The molecule has 2 aromatic heterocycles. The Morgan fingerprint density at radius 3 is 2.76 bits per heavy atom. The van der Waals surface area contributed by atoms with E-state index in [4.69, 9.17) is 10.2 Å². The number of nitrogen functional groups attached to an aromatic ring is 1. The zero-order valence-electron chi connectivity index (χ0n) is 11.3. The number of benzene rings is 1. The maximum atomic E-state index is 12.3. The lowest BCUT2D eigenvalue weighted by Gasteiger charge is -2.00. The van der Waals surface area contributed by atoms with Crippen LogP contribution in [0.4, 0.5) is 5.69 Å². The maximum absolute atomic E-state index is 12.3. The summed E-state index contributed by atoms with van der Waals surface area (Å²) in [4.78, 5) is 8.19. The van der Waals surface area contributed by atoms with E-state index in [0.717, 1.165) is 5.69 Å². The molecule has 3 rings (SSSR count). The van der Waals surface area contributed by atoms with Crippen molar-refractivity contribution in [1.82, 2.24) is 9.97 Å². The first kappa shape index (κ1) is 13.6. The Morgan fingerprint density at radius 2 is 2.00 bits per heavy atom. The van der Waals surface area contributed by atoms with Crippen LogP contribution in [0.2, 0.25) is 0 Å². The summed E-state index contributed by atoms with van der Waals surface area (Å²) in [5.41, 5.74) is 8.15. The summed E-state index contributed by atoms with van der Waals surface area (Å²) in [7, 11) is -3.69. The number of sulfone groups is 1. The van der Waals surface area contributed by atoms with Gasteiger partial charge in [0.05, 0.1) is 5.69 Å². The molecule has 21 heavy (non-hydrogen) atoms. The minimum absolute atomic E-state index is 0.253. The monoisotopic (exact) mass is 303 g/mol. The van der Waals surface area contributed by atoms with Gasteiger partial charge in [0.25, 0.3) is 0 Å². The molecule has 0 spiro atoms. The van der Waals surface area contributed by atoms with E-state index < -0.39 is 9.84 Å². The molecule has 0 radical (unpaired) electrons. The Labute approximate surface area is 121 Å². The highest BCUT2D eigenvalue weighted by atomic mass is 32.2. The molecule has 0 unspecified atom stereocenters. The number of oxazole rings is 1. The molecule has 7 heteroatoms. The molecule has 3 aromatic rings. The summed E-state index contributed by atoms with van der Waals surface area (Å²) in [6, 6.07) is 10.0. The second-order valence-electron chi connectivity index (χ2n) is 4.74. The Hall–Kier alpha value is -2.41. The SMILES string of the molecule is Cc1cccc(CS(=O)(=O)c2nc3ccc(N)cc3o2)n1. The molecule has 6 nitrogen and oxygen atoms in total. The van der Waals surface area contributed by atoms with Crippen molar-refractivity contribution in [2.45, 2.75) is 17.9 Å². The van der Waals surface area contributed by atoms with Gasteiger partial charge in [-0.1, -0.05) is 6.07 Å². The molecule has 0 atom stereocenters. The summed E-state index contributed by atoms with van der Waals surface area (Å²) in [5.74, 6) is -0.253. The molecular formula is C14H13N3O3S. The first-order valence-corrected chi connectivity index (χ1v) is 7.91. The molecule has 0 aliphatic rings. The van der Waals surface area contributed by atoms with Gasteiger partial charge < -0.3 is 10.2 Å². The van der Waals surface area contributed by atoms with Crippen molar-refractivity contribution in [1.29, 1.82) is 0 Å². The highest BCUT2D eigenvalue weighted by Gasteiger charge is 2.23. The normalized spacial score (nSPS) is 11.9. The number of hydrogen-bond acceptors (Lipinski definition) is 6. The molecule has 0 saturated heterocycles. The zero-order valence-corrected chi connectivity index (χ0v) is 12.1. The van der Waals surface area contributed by atoms with E-state index in [9.17, 15) is 8.42 Å². The van der Waals surface area contributed by atoms with Crippen LogP contribution in [0.25, 0.3) is 11.1 Å². The molecule has 0 saturated carbocycles. The Kier molecular flexibility index (Phi) is 3.13. The minimum atomic E-state index is -3.69. The van der Waals surface area contributed by atoms with Crippen LogP contribution < -0.4 is 5.73 Å². The quantitative estimate of drug-likeness (QED) is 0.744. The summed E-state index contributed by atoms with van der Waals surface area (Å²) < 4.78 is 30.0. The molecule has 2 heterocycles. The zero-order chi connectivity index (χ0) is 15.0. The third kappa shape index (κ3) is 2.73. The summed E-state index contributed by atoms with van der Waals surface area (Å²) in [6.45, 7) is 1.80. The standard InChI is InChI=1S/C14H13N3O3S/c1-9-3-2-4-11(16-9)8-21(18,19)14-17-12-6-5-10(15)7-13(12)20-14/h2-7H,8,15H2,1H3. The number of rotatable bonds is 3. The van der Waals surface area contributed by atoms with Gasteiger partial charge in [-0.05, 0) is 31.2 Å². The van der Waals surface area contributed by atoms with Gasteiger partial charge in [-0.15, -0.1) is 0 Å². The number of aromatic nitrogens is 2. The van der Waals surface area contributed by atoms with Crippen LogP contribution in [0.3, 0.4) is 0 Å². The van der Waals surface area contributed by atoms with Crippen molar-refractivity contribution in [2.24, 2.45) is 0 Å². The second kappa shape index (κ2) is 4.85. The van der Waals surface area contributed by atoms with Crippen LogP contribution >= 0.6 is 0 Å². The van der Waals surface area contributed by atoms with E-state index in [-0.39, 0.29) is 11.0 Å². The molecule has 108 valence electrons. The third-order valence-electron chi connectivity index (χ3n) is 2.94. The van der Waals surface area contributed by atoms with Gasteiger partial charge in [0.15, 0.2) is 5.58 Å². The number of nitrogens with zero attached hydrogens (tertiary/aromatic N) is 2. The highest BCUT2D eigenvalue weighted by Crippen LogP contribution is 2.23. The van der Waals surface area contributed by atoms with Gasteiger partial charge >= 0.3 is 5.22 Å². The molecule has 0 aliphatic heterocycles. The van der Waals surface area contributed by atoms with Crippen LogP contribution in [-0.4, -0.2) is 18.4 Å². The Balaban J connectivity index is 2.00. The van der Waals surface area contributed by atoms with E-state index in [1.54, 1.807) is 43.3 Å². The topological polar surface area (TPSA) is 99.1 Å². The van der Waals surface area contributed by atoms with E-state index in [2.05, 4.69) is 9.97 Å². The largest absolute Gasteiger partial charge is 0.428 e. The molecule has 0 amide bonds. The number of aryl methyl sites for hydroxylation is 1. The highest BCUT2D eigenvalue weighted by molar-refractivity contribution is 7.90. The van der Waals surface area contributed by atoms with Gasteiger partial charge in [0.1, 0.15) is 11.3 Å². The van der Waals surface area contributed by atoms with E-state index in [1.807, 2.05) is 0 Å². The van der Waals surface area contributed by atoms with Crippen LogP contribution in [0, 0.1) is 6.92 Å². The van der Waals surface area contributed by atoms with Crippen LogP contribution in [-0.2, 0) is 15.6 Å². The smallest absolute Gasteiger partial charge is 0.316 e. The average molecular weight is 303 g/mol. The summed E-state index contributed by atoms with van der Waals surface area (Å²) in [6.07, 6.45) is 0. The second-order valence-corrected chi connectivity index (χ2v) is 6.60. The van der Waals surface area contributed by atoms with Crippen molar-refractivity contribution in [2.75, 3.05) is 5.73 Å². The van der Waals surface area contributed by atoms with Gasteiger partial charge in [-0.25, -0.2) is 8.42 Å². The average Bonchev–Trinajstić information content (AvgIpc) is 2.82. The van der Waals surface area contributed by atoms with Crippen molar-refractivity contribution in [3.8, 4) is 0 Å². The van der Waals surface area contributed by atoms with Crippen molar-refractivity contribution >= 4 is 26.6 Å². The number of anilines is 1. The van der Waals surface area contributed by atoms with E-state index >= 15 is 0 Å². The molecule has 1 aromatic carbocycles. The summed E-state index contributed by atoms with van der Waals surface area (Å²) in [5, 5.41) is -0.314. The van der Waals surface area contributed by atoms with Crippen LogP contribution in [0.15, 0.2) is 46.0 Å². The minimum Gasteiger partial charge on any atom is -0.428 e. The number of pyridine rings is 1. The predicted molar refractivity (Wildman–Crippen MR) is 78.3 cm³/mol. The molecule has 0 aliphatic carbocycles. The Morgan fingerprint density at radius 1 is 1.19 bits per heavy atom.